The molecule has 1 N–H and O–H groups in total. The van der Waals surface area contributed by atoms with Crippen LogP contribution in [0.15, 0.2) is 11.6 Å². The smallest absolute Gasteiger partial charge is 0.162 e. The summed E-state index contributed by atoms with van der Waals surface area (Å²) in [5.41, 5.74) is -0.808. The zero-order valence-electron chi connectivity index (χ0n) is 14.7. The molecule has 2 nitrogen and oxygen atoms in total. The Morgan fingerprint density at radius 1 is 1.05 bits per heavy atom. The maximum atomic E-state index is 12.9. The van der Waals surface area contributed by atoms with E-state index >= 15 is 0 Å². The number of carbonyl (C=O) groups is 1. The van der Waals surface area contributed by atoms with Gasteiger partial charge in [-0.15, -0.1) is 0 Å². The van der Waals surface area contributed by atoms with Gasteiger partial charge in [0.15, 0.2) is 5.78 Å². The number of ketones is 1. The molecule has 0 radical (unpaired) electrons. The molecule has 0 heterocycles. The van der Waals surface area contributed by atoms with E-state index in [0.29, 0.717) is 6.42 Å². The van der Waals surface area contributed by atoms with Gasteiger partial charge in [-0.05, 0) is 34.3 Å². The Labute approximate surface area is 124 Å². The van der Waals surface area contributed by atoms with Crippen molar-refractivity contribution in [3.8, 4) is 0 Å². The molecule has 0 saturated carbocycles. The molecule has 2 atom stereocenters. The lowest BCUT2D eigenvalue weighted by Crippen LogP contribution is -2.51. The first-order valence-electron chi connectivity index (χ1n) is 7.59. The van der Waals surface area contributed by atoms with Crippen LogP contribution in [0.5, 0.6) is 0 Å². The van der Waals surface area contributed by atoms with Gasteiger partial charge in [-0.2, -0.15) is 0 Å². The minimum Gasteiger partial charge on any atom is -0.385 e. The SMILES string of the molecule is CC(C)(C)C1=C[C@@](O)(C(C)(C)C)C[C@@H](C(C)(C)C)C1=O. The third-order valence-corrected chi connectivity index (χ3v) is 4.63. The summed E-state index contributed by atoms with van der Waals surface area (Å²) >= 11 is 0. The molecule has 0 saturated heterocycles. The van der Waals surface area contributed by atoms with E-state index in [1.807, 2.05) is 47.6 Å². The molecule has 0 aromatic heterocycles. The van der Waals surface area contributed by atoms with Crippen molar-refractivity contribution in [2.75, 3.05) is 0 Å². The molecule has 1 rings (SSSR count). The highest BCUT2D eigenvalue weighted by Gasteiger charge is 2.50. The van der Waals surface area contributed by atoms with E-state index in [1.165, 1.54) is 0 Å². The van der Waals surface area contributed by atoms with Gasteiger partial charge >= 0.3 is 0 Å². The fourth-order valence-electron chi connectivity index (χ4n) is 2.77. The number of allylic oxidation sites excluding steroid dienone is 1. The van der Waals surface area contributed by atoms with Crippen LogP contribution in [0.2, 0.25) is 0 Å². The third-order valence-electron chi connectivity index (χ3n) is 4.63. The van der Waals surface area contributed by atoms with Gasteiger partial charge in [0.2, 0.25) is 0 Å². The van der Waals surface area contributed by atoms with E-state index in [0.717, 1.165) is 5.57 Å². The molecule has 0 amide bonds. The van der Waals surface area contributed by atoms with Crippen LogP contribution >= 0.6 is 0 Å². The molecular formula is C18H32O2. The zero-order chi connectivity index (χ0) is 16.1. The number of aliphatic hydroxyl groups is 1. The molecule has 116 valence electrons. The van der Waals surface area contributed by atoms with E-state index in [9.17, 15) is 9.90 Å². The Morgan fingerprint density at radius 2 is 1.50 bits per heavy atom. The maximum Gasteiger partial charge on any atom is 0.162 e. The Hall–Kier alpha value is -0.630. The normalized spacial score (nSPS) is 29.4. The van der Waals surface area contributed by atoms with Gasteiger partial charge in [-0.1, -0.05) is 62.3 Å². The minimum atomic E-state index is -0.929. The van der Waals surface area contributed by atoms with Crippen molar-refractivity contribution in [3.05, 3.63) is 11.6 Å². The lowest BCUT2D eigenvalue weighted by molar-refractivity contribution is -0.131. The summed E-state index contributed by atoms with van der Waals surface area (Å²) in [6.45, 7) is 18.5. The summed E-state index contributed by atoms with van der Waals surface area (Å²) < 4.78 is 0. The van der Waals surface area contributed by atoms with Gasteiger partial charge in [0.25, 0.3) is 0 Å². The standard InChI is InChI=1S/C18H32O2/c1-15(2,3)12-10-18(20,17(7,8)9)11-13(14(12)19)16(4,5)6/h10,13,20H,11H2,1-9H3/t13-,18+/m1/s1. The molecular weight excluding hydrogens is 248 g/mol. The topological polar surface area (TPSA) is 37.3 Å². The number of Topliss-reactive ketones (excluding diaryl/α,β-unsaturated/α-hetero) is 1. The fraction of sp³-hybridized carbons (Fsp3) is 0.833. The van der Waals surface area contributed by atoms with Gasteiger partial charge in [-0.25, -0.2) is 0 Å². The summed E-state index contributed by atoms with van der Waals surface area (Å²) in [4.78, 5) is 12.9. The van der Waals surface area contributed by atoms with Crippen molar-refractivity contribution in [1.82, 2.24) is 0 Å². The molecule has 0 unspecified atom stereocenters. The van der Waals surface area contributed by atoms with Crippen LogP contribution in [0.25, 0.3) is 0 Å². The van der Waals surface area contributed by atoms with Crippen LogP contribution in [-0.4, -0.2) is 16.5 Å². The van der Waals surface area contributed by atoms with Crippen molar-refractivity contribution in [2.24, 2.45) is 22.2 Å². The summed E-state index contributed by atoms with van der Waals surface area (Å²) in [5, 5.41) is 11.2. The van der Waals surface area contributed by atoms with E-state index in [2.05, 4.69) is 20.8 Å². The highest BCUT2D eigenvalue weighted by atomic mass is 16.3. The van der Waals surface area contributed by atoms with E-state index < -0.39 is 5.60 Å². The Morgan fingerprint density at radius 3 is 1.80 bits per heavy atom. The molecule has 1 aliphatic carbocycles. The quantitative estimate of drug-likeness (QED) is 0.715. The second-order valence-electron chi connectivity index (χ2n) is 9.47. The first kappa shape index (κ1) is 17.4. The van der Waals surface area contributed by atoms with Crippen LogP contribution in [0, 0.1) is 22.2 Å². The second kappa shape index (κ2) is 4.69. The molecule has 0 aromatic carbocycles. The largest absolute Gasteiger partial charge is 0.385 e. The van der Waals surface area contributed by atoms with Gasteiger partial charge < -0.3 is 5.11 Å². The molecule has 0 spiro atoms. The first-order valence-corrected chi connectivity index (χ1v) is 7.59. The van der Waals surface area contributed by atoms with Crippen LogP contribution in [0.3, 0.4) is 0 Å². The van der Waals surface area contributed by atoms with E-state index in [4.69, 9.17) is 0 Å². The van der Waals surface area contributed by atoms with Crippen molar-refractivity contribution < 1.29 is 9.90 Å². The van der Waals surface area contributed by atoms with Crippen LogP contribution < -0.4 is 0 Å². The average molecular weight is 280 g/mol. The maximum absolute atomic E-state index is 12.9. The second-order valence-corrected chi connectivity index (χ2v) is 9.47. The van der Waals surface area contributed by atoms with E-state index in [-0.39, 0.29) is 27.9 Å². The highest BCUT2D eigenvalue weighted by Crippen LogP contribution is 2.49. The molecule has 0 aromatic rings. The summed E-state index contributed by atoms with van der Waals surface area (Å²) in [7, 11) is 0. The van der Waals surface area contributed by atoms with Crippen molar-refractivity contribution in [2.45, 2.75) is 74.3 Å². The van der Waals surface area contributed by atoms with Crippen LogP contribution in [0.4, 0.5) is 0 Å². The Balaban J connectivity index is 3.46. The lowest BCUT2D eigenvalue weighted by Gasteiger charge is -2.48. The zero-order valence-corrected chi connectivity index (χ0v) is 14.7. The third kappa shape index (κ3) is 3.16. The van der Waals surface area contributed by atoms with Gasteiger partial charge in [-0.3, -0.25) is 4.79 Å². The predicted molar refractivity (Wildman–Crippen MR) is 84.5 cm³/mol. The molecule has 0 bridgehead atoms. The van der Waals surface area contributed by atoms with Crippen molar-refractivity contribution in [3.63, 3.8) is 0 Å². The van der Waals surface area contributed by atoms with Crippen molar-refractivity contribution >= 4 is 5.78 Å². The summed E-state index contributed by atoms with van der Waals surface area (Å²) in [6.07, 6.45) is 2.36. The molecule has 2 heteroatoms. The summed E-state index contributed by atoms with van der Waals surface area (Å²) in [5.74, 6) is 0.0740. The van der Waals surface area contributed by atoms with Gasteiger partial charge in [0.1, 0.15) is 0 Å². The highest BCUT2D eigenvalue weighted by molar-refractivity contribution is 6.00. The number of hydrogen-bond donors (Lipinski definition) is 1. The molecule has 0 fully saturated rings. The van der Waals surface area contributed by atoms with Crippen LogP contribution in [-0.2, 0) is 4.79 Å². The number of rotatable bonds is 0. The minimum absolute atomic E-state index is 0.133. The molecule has 1 aliphatic rings. The monoisotopic (exact) mass is 280 g/mol. The number of carbonyl (C=O) groups excluding carboxylic acids is 1. The van der Waals surface area contributed by atoms with Gasteiger partial charge in [0.05, 0.1) is 5.60 Å². The van der Waals surface area contributed by atoms with E-state index in [1.54, 1.807) is 0 Å². The van der Waals surface area contributed by atoms with Gasteiger partial charge in [0, 0.05) is 5.92 Å². The number of hydrogen-bond acceptors (Lipinski definition) is 2. The van der Waals surface area contributed by atoms with Crippen molar-refractivity contribution in [1.29, 1.82) is 0 Å². The predicted octanol–water partition coefficient (Wildman–Crippen LogP) is 4.37. The molecule has 0 aliphatic heterocycles. The average Bonchev–Trinajstić information content (AvgIpc) is 2.16. The fourth-order valence-corrected chi connectivity index (χ4v) is 2.77. The molecule has 20 heavy (non-hydrogen) atoms. The first-order chi connectivity index (χ1) is 8.59. The van der Waals surface area contributed by atoms with Crippen LogP contribution in [0.1, 0.15) is 68.7 Å². The lowest BCUT2D eigenvalue weighted by atomic mass is 9.58. The summed E-state index contributed by atoms with van der Waals surface area (Å²) in [6, 6.07) is 0. The Bertz CT molecular complexity index is 424. The Kier molecular flexibility index (Phi) is 4.09.